The number of ether oxygens (including phenoxy) is 3. The Bertz CT molecular complexity index is 553. The molecule has 3 heterocycles. The number of rotatable bonds is 5. The van der Waals surface area contributed by atoms with Gasteiger partial charge < -0.3 is 14.2 Å². The summed E-state index contributed by atoms with van der Waals surface area (Å²) in [5.41, 5.74) is 2.94. The SMILES string of the molecule is C1=C(CCC2OCCCO2)CC2COCC1N2Cc1ccccc1. The summed E-state index contributed by atoms with van der Waals surface area (Å²) in [6, 6.07) is 11.7. The molecule has 2 atom stereocenters. The zero-order valence-corrected chi connectivity index (χ0v) is 14.2. The van der Waals surface area contributed by atoms with Crippen LogP contribution >= 0.6 is 0 Å². The number of morpholine rings is 1. The molecule has 0 saturated carbocycles. The lowest BCUT2D eigenvalue weighted by Crippen LogP contribution is -2.53. The van der Waals surface area contributed by atoms with Crippen LogP contribution < -0.4 is 0 Å². The molecule has 3 aliphatic heterocycles. The van der Waals surface area contributed by atoms with Crippen molar-refractivity contribution in [3.63, 3.8) is 0 Å². The molecular formula is C20H27NO3. The van der Waals surface area contributed by atoms with Crippen LogP contribution in [0.5, 0.6) is 0 Å². The fraction of sp³-hybridized carbons (Fsp3) is 0.600. The standard InChI is InChI=1S/C20H27NO3/c1-2-5-16(6-3-1)13-21-18-11-17(12-19(21)15-22-14-18)7-8-20-23-9-4-10-24-20/h1-3,5-6,11,18-20H,4,7-10,12-15H2. The maximum absolute atomic E-state index is 5.81. The summed E-state index contributed by atoms with van der Waals surface area (Å²) in [4.78, 5) is 2.61. The van der Waals surface area contributed by atoms with E-state index < -0.39 is 0 Å². The van der Waals surface area contributed by atoms with Crippen LogP contribution in [0, 0.1) is 0 Å². The van der Waals surface area contributed by atoms with Crippen molar-refractivity contribution in [2.24, 2.45) is 0 Å². The average molecular weight is 329 g/mol. The van der Waals surface area contributed by atoms with E-state index in [1.54, 1.807) is 5.57 Å². The summed E-state index contributed by atoms with van der Waals surface area (Å²) in [6.07, 6.45) is 6.62. The molecule has 3 aliphatic rings. The van der Waals surface area contributed by atoms with Crippen molar-refractivity contribution < 1.29 is 14.2 Å². The Kier molecular flexibility index (Phi) is 5.28. The topological polar surface area (TPSA) is 30.9 Å². The van der Waals surface area contributed by atoms with E-state index in [-0.39, 0.29) is 6.29 Å². The zero-order valence-electron chi connectivity index (χ0n) is 14.2. The third-order valence-electron chi connectivity index (χ3n) is 5.23. The van der Waals surface area contributed by atoms with Crippen LogP contribution in [0.25, 0.3) is 0 Å². The lowest BCUT2D eigenvalue weighted by atomic mass is 9.91. The van der Waals surface area contributed by atoms with E-state index in [0.29, 0.717) is 12.1 Å². The molecule has 0 aromatic heterocycles. The molecule has 0 radical (unpaired) electrons. The van der Waals surface area contributed by atoms with Crippen LogP contribution in [0.2, 0.25) is 0 Å². The molecule has 4 nitrogen and oxygen atoms in total. The quantitative estimate of drug-likeness (QED) is 0.777. The van der Waals surface area contributed by atoms with E-state index >= 15 is 0 Å². The Hall–Kier alpha value is -1.20. The molecule has 2 fully saturated rings. The zero-order chi connectivity index (χ0) is 16.2. The van der Waals surface area contributed by atoms with Crippen molar-refractivity contribution in [2.45, 2.75) is 50.6 Å². The van der Waals surface area contributed by atoms with Crippen LogP contribution in [0.4, 0.5) is 0 Å². The van der Waals surface area contributed by atoms with E-state index in [9.17, 15) is 0 Å². The monoisotopic (exact) mass is 329 g/mol. The summed E-state index contributed by atoms with van der Waals surface area (Å²) in [5.74, 6) is 0. The first-order valence-corrected chi connectivity index (χ1v) is 9.19. The Balaban J connectivity index is 1.38. The first kappa shape index (κ1) is 16.3. The summed E-state index contributed by atoms with van der Waals surface area (Å²) >= 11 is 0. The van der Waals surface area contributed by atoms with Gasteiger partial charge >= 0.3 is 0 Å². The molecule has 130 valence electrons. The smallest absolute Gasteiger partial charge is 0.157 e. The van der Waals surface area contributed by atoms with E-state index in [1.165, 1.54) is 5.56 Å². The maximum atomic E-state index is 5.81. The van der Waals surface area contributed by atoms with Gasteiger partial charge in [0.05, 0.1) is 32.5 Å². The Morgan fingerprint density at radius 1 is 1.04 bits per heavy atom. The van der Waals surface area contributed by atoms with Gasteiger partial charge in [0.2, 0.25) is 0 Å². The number of nitrogens with zero attached hydrogens (tertiary/aromatic N) is 1. The first-order valence-electron chi connectivity index (χ1n) is 9.19. The molecule has 4 heteroatoms. The van der Waals surface area contributed by atoms with Gasteiger partial charge in [0.1, 0.15) is 0 Å². The third kappa shape index (κ3) is 3.89. The summed E-state index contributed by atoms with van der Waals surface area (Å²) in [6.45, 7) is 4.35. The second kappa shape index (κ2) is 7.79. The van der Waals surface area contributed by atoms with Crippen molar-refractivity contribution in [1.29, 1.82) is 0 Å². The van der Waals surface area contributed by atoms with Gasteiger partial charge in [-0.3, -0.25) is 4.90 Å². The van der Waals surface area contributed by atoms with Gasteiger partial charge in [-0.1, -0.05) is 42.0 Å². The highest BCUT2D eigenvalue weighted by Crippen LogP contribution is 2.31. The van der Waals surface area contributed by atoms with Gasteiger partial charge in [-0.25, -0.2) is 0 Å². The maximum Gasteiger partial charge on any atom is 0.157 e. The number of hydrogen-bond acceptors (Lipinski definition) is 4. The van der Waals surface area contributed by atoms with Gasteiger partial charge in [0.15, 0.2) is 6.29 Å². The lowest BCUT2D eigenvalue weighted by Gasteiger charge is -2.45. The van der Waals surface area contributed by atoms with Gasteiger partial charge in [0.25, 0.3) is 0 Å². The molecule has 1 aromatic rings. The van der Waals surface area contributed by atoms with Crippen LogP contribution in [0.15, 0.2) is 42.0 Å². The summed E-state index contributed by atoms with van der Waals surface area (Å²) in [5, 5.41) is 0. The number of hydrogen-bond donors (Lipinski definition) is 0. The van der Waals surface area contributed by atoms with Gasteiger partial charge in [-0.15, -0.1) is 0 Å². The Morgan fingerprint density at radius 2 is 1.88 bits per heavy atom. The van der Waals surface area contributed by atoms with E-state index in [2.05, 4.69) is 41.3 Å². The largest absolute Gasteiger partial charge is 0.378 e. The molecule has 2 saturated heterocycles. The molecule has 0 amide bonds. The summed E-state index contributed by atoms with van der Waals surface area (Å²) in [7, 11) is 0. The fourth-order valence-electron chi connectivity index (χ4n) is 3.98. The molecule has 0 aliphatic carbocycles. The molecule has 0 spiro atoms. The molecule has 2 unspecified atom stereocenters. The predicted molar refractivity (Wildman–Crippen MR) is 92.6 cm³/mol. The highest BCUT2D eigenvalue weighted by Gasteiger charge is 2.34. The third-order valence-corrected chi connectivity index (χ3v) is 5.23. The number of fused-ring (bicyclic) bond motifs is 2. The van der Waals surface area contributed by atoms with Crippen molar-refractivity contribution >= 4 is 0 Å². The Labute approximate surface area is 144 Å². The van der Waals surface area contributed by atoms with Gasteiger partial charge in [-0.05, 0) is 24.8 Å². The lowest BCUT2D eigenvalue weighted by molar-refractivity contribution is -0.180. The van der Waals surface area contributed by atoms with Crippen molar-refractivity contribution in [3.05, 3.63) is 47.5 Å². The normalized spacial score (nSPS) is 28.6. The van der Waals surface area contributed by atoms with Crippen molar-refractivity contribution in [3.8, 4) is 0 Å². The molecule has 2 bridgehead atoms. The molecule has 4 rings (SSSR count). The highest BCUT2D eigenvalue weighted by molar-refractivity contribution is 5.20. The van der Waals surface area contributed by atoms with Crippen LogP contribution in [-0.2, 0) is 20.8 Å². The summed E-state index contributed by atoms with van der Waals surface area (Å²) < 4.78 is 17.2. The van der Waals surface area contributed by atoms with Gasteiger partial charge in [-0.2, -0.15) is 0 Å². The second-order valence-electron chi connectivity index (χ2n) is 7.01. The van der Waals surface area contributed by atoms with Crippen molar-refractivity contribution in [1.82, 2.24) is 4.90 Å². The predicted octanol–water partition coefficient (Wildman–Crippen LogP) is 3.13. The van der Waals surface area contributed by atoms with Crippen molar-refractivity contribution in [2.75, 3.05) is 26.4 Å². The minimum atomic E-state index is -0.00177. The highest BCUT2D eigenvalue weighted by atomic mass is 16.7. The average Bonchev–Trinajstić information content (AvgIpc) is 2.62. The van der Waals surface area contributed by atoms with Crippen LogP contribution in [-0.4, -0.2) is 49.7 Å². The first-order chi connectivity index (χ1) is 11.9. The number of benzene rings is 1. The molecule has 24 heavy (non-hydrogen) atoms. The molecular weight excluding hydrogens is 302 g/mol. The Morgan fingerprint density at radius 3 is 2.67 bits per heavy atom. The minimum absolute atomic E-state index is 0.00177. The van der Waals surface area contributed by atoms with Gasteiger partial charge in [0, 0.05) is 19.0 Å². The van der Waals surface area contributed by atoms with Crippen LogP contribution in [0.3, 0.4) is 0 Å². The minimum Gasteiger partial charge on any atom is -0.378 e. The second-order valence-corrected chi connectivity index (χ2v) is 7.01. The van der Waals surface area contributed by atoms with Crippen LogP contribution in [0.1, 0.15) is 31.2 Å². The van der Waals surface area contributed by atoms with E-state index in [0.717, 1.165) is 58.7 Å². The molecule has 0 N–H and O–H groups in total. The van der Waals surface area contributed by atoms with E-state index in [1.807, 2.05) is 0 Å². The van der Waals surface area contributed by atoms with E-state index in [4.69, 9.17) is 14.2 Å². The molecule has 1 aromatic carbocycles. The fourth-order valence-corrected chi connectivity index (χ4v) is 3.98.